The standard InChI is InChI=1S/C24H31N3O4/c1-5-18-6-8-20(9-7-18)15-27(4)22(28)16-31-23(29)21-12-10-19(11-13-21)14-25-24(30)26-17(2)3/h6-13,17H,5,14-16H2,1-4H3,(H2,25,26,30). The minimum absolute atomic E-state index is 0.0560. The number of urea groups is 1. The molecule has 0 saturated heterocycles. The normalized spacial score (nSPS) is 10.5. The molecule has 0 radical (unpaired) electrons. The first-order valence-corrected chi connectivity index (χ1v) is 10.4. The molecular formula is C24H31N3O4. The second-order valence-electron chi connectivity index (χ2n) is 7.67. The first-order chi connectivity index (χ1) is 14.8. The van der Waals surface area contributed by atoms with E-state index >= 15 is 0 Å². The average molecular weight is 426 g/mol. The highest BCUT2D eigenvalue weighted by Crippen LogP contribution is 2.09. The third-order valence-corrected chi connectivity index (χ3v) is 4.67. The van der Waals surface area contributed by atoms with Crippen LogP contribution >= 0.6 is 0 Å². The quantitative estimate of drug-likeness (QED) is 0.604. The van der Waals surface area contributed by atoms with E-state index < -0.39 is 5.97 Å². The minimum Gasteiger partial charge on any atom is -0.452 e. The first-order valence-electron chi connectivity index (χ1n) is 10.4. The zero-order valence-corrected chi connectivity index (χ0v) is 18.6. The fraction of sp³-hybridized carbons (Fsp3) is 0.375. The van der Waals surface area contributed by atoms with Crippen molar-refractivity contribution < 1.29 is 19.1 Å². The summed E-state index contributed by atoms with van der Waals surface area (Å²) in [5.74, 6) is -0.837. The number of amides is 3. The number of nitrogens with zero attached hydrogens (tertiary/aromatic N) is 1. The van der Waals surface area contributed by atoms with E-state index in [0.717, 1.165) is 17.5 Å². The molecule has 0 heterocycles. The molecule has 2 rings (SSSR count). The van der Waals surface area contributed by atoms with Gasteiger partial charge in [0.05, 0.1) is 5.56 Å². The van der Waals surface area contributed by atoms with Crippen LogP contribution in [0.5, 0.6) is 0 Å². The molecule has 0 fully saturated rings. The molecule has 166 valence electrons. The van der Waals surface area contributed by atoms with Crippen LogP contribution in [0.25, 0.3) is 0 Å². The van der Waals surface area contributed by atoms with Crippen LogP contribution in [0.4, 0.5) is 4.79 Å². The van der Waals surface area contributed by atoms with Crippen molar-refractivity contribution in [3.8, 4) is 0 Å². The number of carbonyl (C=O) groups is 3. The van der Waals surface area contributed by atoms with Crippen molar-refractivity contribution in [2.45, 2.75) is 46.3 Å². The van der Waals surface area contributed by atoms with Crippen molar-refractivity contribution in [3.05, 3.63) is 70.8 Å². The minimum atomic E-state index is -0.564. The van der Waals surface area contributed by atoms with Crippen LogP contribution < -0.4 is 10.6 Å². The number of ether oxygens (including phenoxy) is 1. The van der Waals surface area contributed by atoms with Gasteiger partial charge < -0.3 is 20.3 Å². The number of nitrogens with one attached hydrogen (secondary N) is 2. The fourth-order valence-electron chi connectivity index (χ4n) is 2.82. The first kappa shape index (κ1) is 23.9. The van der Waals surface area contributed by atoms with E-state index in [0.29, 0.717) is 18.7 Å². The molecule has 2 aromatic carbocycles. The number of esters is 1. The Morgan fingerprint density at radius 1 is 0.935 bits per heavy atom. The third-order valence-electron chi connectivity index (χ3n) is 4.67. The highest BCUT2D eigenvalue weighted by atomic mass is 16.5. The van der Waals surface area contributed by atoms with Crippen LogP contribution in [0.1, 0.15) is 47.8 Å². The lowest BCUT2D eigenvalue weighted by Gasteiger charge is -2.17. The topological polar surface area (TPSA) is 87.7 Å². The van der Waals surface area contributed by atoms with Gasteiger partial charge in [-0.15, -0.1) is 0 Å². The number of likely N-dealkylation sites (N-methyl/N-ethyl adjacent to an activating group) is 1. The summed E-state index contributed by atoms with van der Waals surface area (Å²) in [7, 11) is 1.68. The fourth-order valence-corrected chi connectivity index (χ4v) is 2.82. The number of rotatable bonds is 9. The largest absolute Gasteiger partial charge is 0.452 e. The van der Waals surface area contributed by atoms with E-state index in [2.05, 4.69) is 17.6 Å². The highest BCUT2D eigenvalue weighted by Gasteiger charge is 2.14. The molecule has 0 saturated carbocycles. The van der Waals surface area contributed by atoms with Gasteiger partial charge in [0.1, 0.15) is 0 Å². The van der Waals surface area contributed by atoms with Crippen LogP contribution in [-0.2, 0) is 29.0 Å². The molecule has 0 aromatic heterocycles. The Bertz CT molecular complexity index is 877. The third kappa shape index (κ3) is 8.12. The van der Waals surface area contributed by atoms with Gasteiger partial charge in [0.15, 0.2) is 6.61 Å². The lowest BCUT2D eigenvalue weighted by Crippen LogP contribution is -2.39. The maximum atomic E-state index is 12.3. The number of hydrogen-bond donors (Lipinski definition) is 2. The lowest BCUT2D eigenvalue weighted by molar-refractivity contribution is -0.133. The Balaban J connectivity index is 1.78. The maximum Gasteiger partial charge on any atom is 0.338 e. The molecule has 0 atom stereocenters. The average Bonchev–Trinajstić information content (AvgIpc) is 2.76. The summed E-state index contributed by atoms with van der Waals surface area (Å²) in [5.41, 5.74) is 3.46. The van der Waals surface area contributed by atoms with Crippen LogP contribution in [0.15, 0.2) is 48.5 Å². The summed E-state index contributed by atoms with van der Waals surface area (Å²) in [6.45, 7) is 6.33. The number of aryl methyl sites for hydroxylation is 1. The molecule has 2 N–H and O–H groups in total. The molecule has 3 amide bonds. The highest BCUT2D eigenvalue weighted by molar-refractivity contribution is 5.91. The molecule has 0 aliphatic rings. The molecule has 7 nitrogen and oxygen atoms in total. The second kappa shape index (κ2) is 11.7. The predicted molar refractivity (Wildman–Crippen MR) is 120 cm³/mol. The van der Waals surface area contributed by atoms with Gasteiger partial charge in [-0.2, -0.15) is 0 Å². The van der Waals surface area contributed by atoms with Crippen LogP contribution in [0.3, 0.4) is 0 Å². The molecular weight excluding hydrogens is 394 g/mol. The van der Waals surface area contributed by atoms with Gasteiger partial charge in [-0.05, 0) is 49.1 Å². The van der Waals surface area contributed by atoms with E-state index in [4.69, 9.17) is 4.74 Å². The van der Waals surface area contributed by atoms with Crippen molar-refractivity contribution in [1.82, 2.24) is 15.5 Å². The van der Waals surface area contributed by atoms with E-state index in [1.54, 1.807) is 31.3 Å². The van der Waals surface area contributed by atoms with Crippen molar-refractivity contribution in [2.75, 3.05) is 13.7 Å². The SMILES string of the molecule is CCc1ccc(CN(C)C(=O)COC(=O)c2ccc(CNC(=O)NC(C)C)cc2)cc1. The van der Waals surface area contributed by atoms with Gasteiger partial charge in [-0.3, -0.25) is 4.79 Å². The Hall–Kier alpha value is -3.35. The summed E-state index contributed by atoms with van der Waals surface area (Å²) in [6.07, 6.45) is 0.968. The Morgan fingerprint density at radius 2 is 1.52 bits per heavy atom. The Kier molecular flexibility index (Phi) is 9.06. The molecule has 0 aliphatic heterocycles. The smallest absolute Gasteiger partial charge is 0.338 e. The Morgan fingerprint density at radius 3 is 2.10 bits per heavy atom. The molecule has 31 heavy (non-hydrogen) atoms. The molecule has 0 aliphatic carbocycles. The summed E-state index contributed by atoms with van der Waals surface area (Å²) in [5, 5.41) is 5.48. The van der Waals surface area contributed by atoms with E-state index in [1.165, 1.54) is 10.5 Å². The summed E-state index contributed by atoms with van der Waals surface area (Å²) < 4.78 is 5.16. The van der Waals surface area contributed by atoms with Crippen LogP contribution in [0, 0.1) is 0 Å². The van der Waals surface area contributed by atoms with Gasteiger partial charge in [0.2, 0.25) is 0 Å². The van der Waals surface area contributed by atoms with E-state index in [1.807, 2.05) is 38.1 Å². The van der Waals surface area contributed by atoms with Crippen molar-refractivity contribution in [2.24, 2.45) is 0 Å². The number of carbonyl (C=O) groups excluding carboxylic acids is 3. The van der Waals surface area contributed by atoms with Crippen molar-refractivity contribution in [1.29, 1.82) is 0 Å². The Labute approximate surface area is 183 Å². The zero-order valence-electron chi connectivity index (χ0n) is 18.6. The monoisotopic (exact) mass is 425 g/mol. The molecule has 7 heteroatoms. The number of benzene rings is 2. The lowest BCUT2D eigenvalue weighted by atomic mass is 10.1. The summed E-state index contributed by atoms with van der Waals surface area (Å²) in [4.78, 5) is 37.7. The van der Waals surface area contributed by atoms with Crippen molar-refractivity contribution in [3.63, 3.8) is 0 Å². The van der Waals surface area contributed by atoms with Gasteiger partial charge in [-0.25, -0.2) is 9.59 Å². The van der Waals surface area contributed by atoms with E-state index in [-0.39, 0.29) is 24.6 Å². The maximum absolute atomic E-state index is 12.3. The number of hydrogen-bond acceptors (Lipinski definition) is 4. The van der Waals surface area contributed by atoms with Crippen LogP contribution in [-0.4, -0.2) is 42.5 Å². The summed E-state index contributed by atoms with van der Waals surface area (Å²) in [6, 6.07) is 14.6. The van der Waals surface area contributed by atoms with Gasteiger partial charge in [-0.1, -0.05) is 43.3 Å². The predicted octanol–water partition coefficient (Wildman–Crippen LogP) is 3.27. The van der Waals surface area contributed by atoms with Crippen LogP contribution in [0.2, 0.25) is 0 Å². The van der Waals surface area contributed by atoms with E-state index in [9.17, 15) is 14.4 Å². The van der Waals surface area contributed by atoms with Crippen molar-refractivity contribution >= 4 is 17.9 Å². The molecule has 2 aromatic rings. The van der Waals surface area contributed by atoms with Gasteiger partial charge >= 0.3 is 12.0 Å². The molecule has 0 bridgehead atoms. The zero-order chi connectivity index (χ0) is 22.8. The summed E-state index contributed by atoms with van der Waals surface area (Å²) >= 11 is 0. The van der Waals surface area contributed by atoms with Gasteiger partial charge in [0, 0.05) is 26.2 Å². The molecule has 0 unspecified atom stereocenters. The second-order valence-corrected chi connectivity index (χ2v) is 7.67. The molecule has 0 spiro atoms. The van der Waals surface area contributed by atoms with Gasteiger partial charge in [0.25, 0.3) is 5.91 Å².